The number of amides is 1. The SMILES string of the molecule is CCc1ccc(OCc2ccc(C(=O)Nc3cnn(Cc4ccc(Cl)c(Cl)c4)c3)o2)cc1. The van der Waals surface area contributed by atoms with E-state index in [0.717, 1.165) is 17.7 Å². The van der Waals surface area contributed by atoms with Crippen molar-refractivity contribution in [3.8, 4) is 5.75 Å². The Morgan fingerprint density at radius 3 is 2.59 bits per heavy atom. The Balaban J connectivity index is 1.32. The number of hydrogen-bond acceptors (Lipinski definition) is 4. The highest BCUT2D eigenvalue weighted by Crippen LogP contribution is 2.23. The number of rotatable bonds is 8. The molecule has 0 aliphatic heterocycles. The van der Waals surface area contributed by atoms with Crippen LogP contribution in [-0.4, -0.2) is 15.7 Å². The lowest BCUT2D eigenvalue weighted by molar-refractivity contribution is 0.0992. The van der Waals surface area contributed by atoms with Gasteiger partial charge in [0.15, 0.2) is 5.76 Å². The van der Waals surface area contributed by atoms with Crippen molar-refractivity contribution in [1.29, 1.82) is 0 Å². The van der Waals surface area contributed by atoms with E-state index in [2.05, 4.69) is 17.3 Å². The molecule has 2 aromatic carbocycles. The fraction of sp³-hybridized carbons (Fsp3) is 0.167. The van der Waals surface area contributed by atoms with Crippen LogP contribution in [0.5, 0.6) is 5.75 Å². The van der Waals surface area contributed by atoms with Crippen LogP contribution < -0.4 is 10.1 Å². The molecule has 1 N–H and O–H groups in total. The first-order valence-electron chi connectivity index (χ1n) is 10.1. The van der Waals surface area contributed by atoms with Crippen molar-refractivity contribution in [3.63, 3.8) is 0 Å². The molecule has 1 amide bonds. The van der Waals surface area contributed by atoms with E-state index in [-0.39, 0.29) is 18.3 Å². The quantitative estimate of drug-likeness (QED) is 0.332. The molecular weight excluding hydrogens is 449 g/mol. The Kier molecular flexibility index (Phi) is 6.83. The van der Waals surface area contributed by atoms with Gasteiger partial charge in [-0.15, -0.1) is 0 Å². The number of nitrogens with zero attached hydrogens (tertiary/aromatic N) is 2. The minimum Gasteiger partial charge on any atom is -0.486 e. The van der Waals surface area contributed by atoms with Gasteiger partial charge in [0, 0.05) is 6.20 Å². The van der Waals surface area contributed by atoms with Gasteiger partial charge >= 0.3 is 0 Å². The molecule has 0 unspecified atom stereocenters. The maximum atomic E-state index is 12.5. The zero-order chi connectivity index (χ0) is 22.5. The Bertz CT molecular complexity index is 1220. The molecule has 0 radical (unpaired) electrons. The average molecular weight is 470 g/mol. The molecule has 4 aromatic rings. The number of benzene rings is 2. The van der Waals surface area contributed by atoms with E-state index >= 15 is 0 Å². The highest BCUT2D eigenvalue weighted by molar-refractivity contribution is 6.42. The largest absolute Gasteiger partial charge is 0.486 e. The van der Waals surface area contributed by atoms with E-state index in [1.807, 2.05) is 30.3 Å². The number of furan rings is 1. The summed E-state index contributed by atoms with van der Waals surface area (Å²) in [7, 11) is 0. The van der Waals surface area contributed by atoms with Crippen molar-refractivity contribution in [2.24, 2.45) is 0 Å². The molecule has 164 valence electrons. The van der Waals surface area contributed by atoms with Gasteiger partial charge in [-0.2, -0.15) is 5.10 Å². The maximum Gasteiger partial charge on any atom is 0.291 e. The third-order valence-corrected chi connectivity index (χ3v) is 5.56. The lowest BCUT2D eigenvalue weighted by Crippen LogP contribution is -2.10. The lowest BCUT2D eigenvalue weighted by Gasteiger charge is -2.05. The van der Waals surface area contributed by atoms with E-state index in [0.29, 0.717) is 28.0 Å². The van der Waals surface area contributed by atoms with E-state index < -0.39 is 0 Å². The molecule has 6 nitrogen and oxygen atoms in total. The van der Waals surface area contributed by atoms with Crippen molar-refractivity contribution in [2.75, 3.05) is 5.32 Å². The van der Waals surface area contributed by atoms with Crippen LogP contribution in [-0.2, 0) is 19.6 Å². The number of aryl methyl sites for hydroxylation is 1. The number of hydrogen-bond donors (Lipinski definition) is 1. The Morgan fingerprint density at radius 1 is 1.06 bits per heavy atom. The molecule has 0 atom stereocenters. The second-order valence-electron chi connectivity index (χ2n) is 7.18. The Hall–Kier alpha value is -3.22. The minimum absolute atomic E-state index is 0.196. The van der Waals surface area contributed by atoms with Crippen LogP contribution in [0.2, 0.25) is 10.0 Å². The van der Waals surface area contributed by atoms with Crippen LogP contribution in [0.25, 0.3) is 0 Å². The molecule has 0 aliphatic carbocycles. The standard InChI is InChI=1S/C24H21Cl2N3O3/c1-2-16-3-6-19(7-4-16)31-15-20-8-10-23(32-20)24(30)28-18-12-27-29(14-18)13-17-5-9-21(25)22(26)11-17/h3-12,14H,2,13,15H2,1H3,(H,28,30). The van der Waals surface area contributed by atoms with Crippen LogP contribution in [0.4, 0.5) is 5.69 Å². The molecule has 0 saturated carbocycles. The first-order chi connectivity index (χ1) is 15.5. The molecule has 8 heteroatoms. The van der Waals surface area contributed by atoms with Crippen LogP contribution in [0, 0.1) is 0 Å². The fourth-order valence-corrected chi connectivity index (χ4v) is 3.41. The van der Waals surface area contributed by atoms with Gasteiger partial charge < -0.3 is 14.5 Å². The Labute approximate surface area is 195 Å². The lowest BCUT2D eigenvalue weighted by atomic mass is 10.2. The molecular formula is C24H21Cl2N3O3. The summed E-state index contributed by atoms with van der Waals surface area (Å²) in [5, 5.41) is 8.03. The van der Waals surface area contributed by atoms with Crippen molar-refractivity contribution >= 4 is 34.8 Å². The van der Waals surface area contributed by atoms with Crippen molar-refractivity contribution in [3.05, 3.63) is 99.7 Å². The number of ether oxygens (including phenoxy) is 1. The van der Waals surface area contributed by atoms with E-state index in [4.69, 9.17) is 32.4 Å². The zero-order valence-electron chi connectivity index (χ0n) is 17.3. The van der Waals surface area contributed by atoms with E-state index in [9.17, 15) is 4.79 Å². The van der Waals surface area contributed by atoms with Crippen molar-refractivity contribution < 1.29 is 13.9 Å². The van der Waals surface area contributed by atoms with Crippen molar-refractivity contribution in [1.82, 2.24) is 9.78 Å². The average Bonchev–Trinajstić information content (AvgIpc) is 3.45. The van der Waals surface area contributed by atoms with E-state index in [1.165, 1.54) is 5.56 Å². The monoisotopic (exact) mass is 469 g/mol. The zero-order valence-corrected chi connectivity index (χ0v) is 18.9. The van der Waals surface area contributed by atoms with Gasteiger partial charge in [0.05, 0.1) is 28.5 Å². The predicted octanol–water partition coefficient (Wildman–Crippen LogP) is 6.22. The van der Waals surface area contributed by atoms with Gasteiger partial charge in [-0.05, 0) is 53.9 Å². The topological polar surface area (TPSA) is 69.3 Å². The van der Waals surface area contributed by atoms with E-state index in [1.54, 1.807) is 41.3 Å². The first kappa shape index (κ1) is 22.0. The molecule has 0 fully saturated rings. The molecule has 0 aliphatic rings. The first-order valence-corrected chi connectivity index (χ1v) is 10.8. The van der Waals surface area contributed by atoms with Crippen LogP contribution in [0.15, 0.2) is 71.4 Å². The van der Waals surface area contributed by atoms with Crippen LogP contribution in [0.1, 0.15) is 34.4 Å². The van der Waals surface area contributed by atoms with Crippen LogP contribution in [0.3, 0.4) is 0 Å². The molecule has 0 spiro atoms. The van der Waals surface area contributed by atoms with Gasteiger partial charge in [0.2, 0.25) is 0 Å². The van der Waals surface area contributed by atoms with Gasteiger partial charge in [-0.1, -0.05) is 48.3 Å². The van der Waals surface area contributed by atoms with Gasteiger partial charge in [-0.25, -0.2) is 0 Å². The molecule has 32 heavy (non-hydrogen) atoms. The number of halogens is 2. The third-order valence-electron chi connectivity index (χ3n) is 4.82. The smallest absolute Gasteiger partial charge is 0.291 e. The van der Waals surface area contributed by atoms with Gasteiger partial charge in [0.25, 0.3) is 5.91 Å². The summed E-state index contributed by atoms with van der Waals surface area (Å²) >= 11 is 12.0. The summed E-state index contributed by atoms with van der Waals surface area (Å²) in [6, 6.07) is 16.6. The number of nitrogens with one attached hydrogen (secondary N) is 1. The third kappa shape index (κ3) is 5.52. The number of carbonyl (C=O) groups is 1. The van der Waals surface area contributed by atoms with Gasteiger partial charge in [0.1, 0.15) is 18.1 Å². The minimum atomic E-state index is -0.363. The fourth-order valence-electron chi connectivity index (χ4n) is 3.09. The molecule has 4 rings (SSSR count). The summed E-state index contributed by atoms with van der Waals surface area (Å²) in [5.41, 5.74) is 2.75. The summed E-state index contributed by atoms with van der Waals surface area (Å²) in [6.45, 7) is 2.83. The highest BCUT2D eigenvalue weighted by Gasteiger charge is 2.13. The second kappa shape index (κ2) is 9.94. The molecule has 2 heterocycles. The summed E-state index contributed by atoms with van der Waals surface area (Å²) in [4.78, 5) is 12.5. The number of anilines is 1. The van der Waals surface area contributed by atoms with Crippen molar-refractivity contribution in [2.45, 2.75) is 26.5 Å². The normalized spacial score (nSPS) is 10.8. The highest BCUT2D eigenvalue weighted by atomic mass is 35.5. The number of aromatic nitrogens is 2. The number of carbonyl (C=O) groups excluding carboxylic acids is 1. The molecule has 0 bridgehead atoms. The van der Waals surface area contributed by atoms with Gasteiger partial charge in [-0.3, -0.25) is 9.48 Å². The summed E-state index contributed by atoms with van der Waals surface area (Å²) in [5.74, 6) is 1.14. The predicted molar refractivity (Wildman–Crippen MR) is 125 cm³/mol. The Morgan fingerprint density at radius 2 is 1.84 bits per heavy atom. The summed E-state index contributed by atoms with van der Waals surface area (Å²) in [6.07, 6.45) is 4.28. The maximum absolute atomic E-state index is 12.5. The second-order valence-corrected chi connectivity index (χ2v) is 8.00. The molecule has 2 aromatic heterocycles. The van der Waals surface area contributed by atoms with Crippen LogP contribution >= 0.6 is 23.2 Å². The molecule has 0 saturated heterocycles. The summed E-state index contributed by atoms with van der Waals surface area (Å²) < 4.78 is 13.0.